The monoisotopic (exact) mass is 484 g/mol. The summed E-state index contributed by atoms with van der Waals surface area (Å²) in [6.07, 6.45) is 17.2. The smallest absolute Gasteiger partial charge is 0.306 e. The number of carbonyl (C=O) groups excluding carboxylic acids is 2. The minimum absolute atomic E-state index is 0.0832. The lowest BCUT2D eigenvalue weighted by Crippen LogP contribution is -2.09. The van der Waals surface area contributed by atoms with Gasteiger partial charge in [-0.3, -0.25) is 9.59 Å². The number of carbonyl (C=O) groups is 2. The van der Waals surface area contributed by atoms with Crippen LogP contribution >= 0.6 is 11.6 Å². The zero-order valence-electron chi connectivity index (χ0n) is 20.3. The molecule has 0 aliphatic carbocycles. The van der Waals surface area contributed by atoms with Crippen LogP contribution in [0.2, 0.25) is 5.02 Å². The van der Waals surface area contributed by atoms with Crippen molar-refractivity contribution in [2.24, 2.45) is 0 Å². The molecule has 0 spiro atoms. The number of hydrogen-bond acceptors (Lipinski definition) is 4. The van der Waals surface area contributed by atoms with E-state index < -0.39 is 11.8 Å². The quantitative estimate of drug-likeness (QED) is 0.138. The lowest BCUT2D eigenvalue weighted by Gasteiger charge is -2.08. The van der Waals surface area contributed by atoms with Crippen molar-refractivity contribution in [2.75, 3.05) is 6.61 Å². The third-order valence-corrected chi connectivity index (χ3v) is 6.07. The molecule has 1 aromatic carbocycles. The molecule has 0 saturated carbocycles. The molecular weight excluding hydrogens is 443 g/mol. The molecule has 33 heavy (non-hydrogen) atoms. The van der Waals surface area contributed by atoms with Crippen molar-refractivity contribution in [3.63, 3.8) is 0 Å². The predicted octanol–water partition coefficient (Wildman–Crippen LogP) is 8.33. The van der Waals surface area contributed by atoms with Crippen molar-refractivity contribution in [3.8, 4) is 0 Å². The molecule has 0 heterocycles. The van der Waals surface area contributed by atoms with Crippen LogP contribution in [0.25, 0.3) is 0 Å². The van der Waals surface area contributed by atoms with Crippen LogP contribution in [0.3, 0.4) is 0 Å². The summed E-state index contributed by atoms with van der Waals surface area (Å²) >= 11 is 5.90. The molecular formula is C27H42ClFO4. The predicted molar refractivity (Wildman–Crippen MR) is 132 cm³/mol. The Morgan fingerprint density at radius 3 is 1.82 bits per heavy atom. The van der Waals surface area contributed by atoms with Crippen LogP contribution in [-0.2, 0) is 25.7 Å². The molecule has 0 amide bonds. The highest BCUT2D eigenvalue weighted by Gasteiger charge is 2.11. The summed E-state index contributed by atoms with van der Waals surface area (Å²) in [4.78, 5) is 23.5. The Kier molecular flexibility index (Phi) is 17.7. The van der Waals surface area contributed by atoms with Crippen molar-refractivity contribution in [1.29, 1.82) is 0 Å². The first kappa shape index (κ1) is 29.4. The van der Waals surface area contributed by atoms with E-state index in [0.29, 0.717) is 13.0 Å². The fourth-order valence-corrected chi connectivity index (χ4v) is 3.87. The lowest BCUT2D eigenvalue weighted by atomic mass is 10.0. The van der Waals surface area contributed by atoms with E-state index in [1.165, 1.54) is 82.8 Å². The van der Waals surface area contributed by atoms with Gasteiger partial charge in [0.25, 0.3) is 0 Å². The minimum Gasteiger partial charge on any atom is -0.466 e. The number of halogens is 2. The summed E-state index contributed by atoms with van der Waals surface area (Å²) in [6.45, 7) is 2.48. The van der Waals surface area contributed by atoms with Gasteiger partial charge in [0.2, 0.25) is 0 Å². The zero-order chi connectivity index (χ0) is 24.2. The highest BCUT2D eigenvalue weighted by molar-refractivity contribution is 6.31. The number of benzene rings is 1. The number of rotatable bonds is 20. The van der Waals surface area contributed by atoms with Crippen LogP contribution in [0.4, 0.5) is 4.39 Å². The molecule has 1 rings (SSSR count). The van der Waals surface area contributed by atoms with Gasteiger partial charge >= 0.3 is 11.9 Å². The second-order valence-corrected chi connectivity index (χ2v) is 9.08. The van der Waals surface area contributed by atoms with E-state index in [9.17, 15) is 14.0 Å². The number of hydrogen-bond donors (Lipinski definition) is 0. The summed E-state index contributed by atoms with van der Waals surface area (Å²) in [7, 11) is 0. The Hall–Kier alpha value is -1.62. The van der Waals surface area contributed by atoms with E-state index in [1.807, 2.05) is 0 Å². The Labute approximate surface area is 204 Å². The van der Waals surface area contributed by atoms with Gasteiger partial charge in [-0.25, -0.2) is 4.39 Å². The van der Waals surface area contributed by atoms with Crippen molar-refractivity contribution < 1.29 is 23.5 Å². The average Bonchev–Trinajstić information content (AvgIpc) is 2.79. The van der Waals surface area contributed by atoms with Gasteiger partial charge < -0.3 is 9.47 Å². The van der Waals surface area contributed by atoms with Crippen molar-refractivity contribution in [3.05, 3.63) is 34.6 Å². The molecule has 0 aromatic heterocycles. The fourth-order valence-electron chi connectivity index (χ4n) is 3.65. The van der Waals surface area contributed by atoms with Gasteiger partial charge in [-0.2, -0.15) is 0 Å². The Bertz CT molecular complexity index is 645. The lowest BCUT2D eigenvalue weighted by molar-refractivity contribution is -0.146. The van der Waals surface area contributed by atoms with Crippen LogP contribution in [0.15, 0.2) is 18.2 Å². The summed E-state index contributed by atoms with van der Waals surface area (Å²) in [5.41, 5.74) is 0.157. The molecule has 188 valence electrons. The molecule has 0 bridgehead atoms. The number of unbranched alkanes of at least 4 members (excludes halogenated alkanes) is 12. The maximum atomic E-state index is 13.6. The van der Waals surface area contributed by atoms with Gasteiger partial charge in [-0.15, -0.1) is 0 Å². The van der Waals surface area contributed by atoms with Crippen LogP contribution in [0, 0.1) is 5.82 Å². The SMILES string of the molecule is CCCCCCCCCCCCCCCOC(=O)CCCC(=O)OCc1c(F)cccc1Cl. The Morgan fingerprint density at radius 2 is 1.27 bits per heavy atom. The van der Waals surface area contributed by atoms with Crippen molar-refractivity contribution >= 4 is 23.5 Å². The van der Waals surface area contributed by atoms with E-state index in [4.69, 9.17) is 21.1 Å². The maximum Gasteiger partial charge on any atom is 0.306 e. The summed E-state index contributed by atoms with van der Waals surface area (Å²) in [5.74, 6) is -1.29. The highest BCUT2D eigenvalue weighted by atomic mass is 35.5. The van der Waals surface area contributed by atoms with Gasteiger partial charge in [0.05, 0.1) is 11.6 Å². The summed E-state index contributed by atoms with van der Waals surface area (Å²) in [6, 6.07) is 4.30. The second-order valence-electron chi connectivity index (χ2n) is 8.68. The van der Waals surface area contributed by atoms with Gasteiger partial charge in [0.15, 0.2) is 0 Å². The molecule has 6 heteroatoms. The van der Waals surface area contributed by atoms with Crippen LogP contribution in [0.1, 0.15) is 115 Å². The molecule has 0 aliphatic heterocycles. The third kappa shape index (κ3) is 15.8. The summed E-state index contributed by atoms with van der Waals surface area (Å²) < 4.78 is 23.9. The normalized spacial score (nSPS) is 10.9. The highest BCUT2D eigenvalue weighted by Crippen LogP contribution is 2.20. The van der Waals surface area contributed by atoms with E-state index in [1.54, 1.807) is 6.07 Å². The standard InChI is InChI=1S/C27H42ClFO4/c1-2-3-4-5-6-7-8-9-10-11-12-13-14-21-32-26(30)19-16-20-27(31)33-22-23-24(28)17-15-18-25(23)29/h15,17-18H,2-14,16,19-22H2,1H3. The first-order chi connectivity index (χ1) is 16.0. The molecule has 0 saturated heterocycles. The Morgan fingerprint density at radius 1 is 0.758 bits per heavy atom. The van der Waals surface area contributed by atoms with E-state index in [0.717, 1.165) is 12.8 Å². The topological polar surface area (TPSA) is 52.6 Å². The molecule has 0 aliphatic rings. The minimum atomic E-state index is -0.507. The number of esters is 2. The van der Waals surface area contributed by atoms with Crippen LogP contribution < -0.4 is 0 Å². The number of ether oxygens (including phenoxy) is 2. The van der Waals surface area contributed by atoms with E-state index >= 15 is 0 Å². The first-order valence-corrected chi connectivity index (χ1v) is 13.2. The molecule has 0 N–H and O–H groups in total. The van der Waals surface area contributed by atoms with Gasteiger partial charge in [0, 0.05) is 18.4 Å². The van der Waals surface area contributed by atoms with E-state index in [2.05, 4.69) is 6.92 Å². The van der Waals surface area contributed by atoms with E-state index in [-0.39, 0.29) is 36.0 Å². The molecule has 0 radical (unpaired) electrons. The molecule has 0 atom stereocenters. The average molecular weight is 485 g/mol. The molecule has 1 aromatic rings. The molecule has 4 nitrogen and oxygen atoms in total. The Balaban J connectivity index is 1.90. The molecule has 0 fully saturated rings. The molecule has 0 unspecified atom stereocenters. The summed E-state index contributed by atoms with van der Waals surface area (Å²) in [5, 5.41) is 0.222. The van der Waals surface area contributed by atoms with Crippen LogP contribution in [0.5, 0.6) is 0 Å². The second kappa shape index (κ2) is 19.8. The first-order valence-electron chi connectivity index (χ1n) is 12.8. The fraction of sp³-hybridized carbons (Fsp3) is 0.704. The van der Waals surface area contributed by atoms with Crippen LogP contribution in [-0.4, -0.2) is 18.5 Å². The van der Waals surface area contributed by atoms with Gasteiger partial charge in [-0.05, 0) is 25.0 Å². The van der Waals surface area contributed by atoms with Gasteiger partial charge in [0.1, 0.15) is 12.4 Å². The maximum absolute atomic E-state index is 13.6. The largest absolute Gasteiger partial charge is 0.466 e. The van der Waals surface area contributed by atoms with Crippen molar-refractivity contribution in [1.82, 2.24) is 0 Å². The van der Waals surface area contributed by atoms with Gasteiger partial charge in [-0.1, -0.05) is 102 Å². The third-order valence-electron chi connectivity index (χ3n) is 5.71. The zero-order valence-corrected chi connectivity index (χ0v) is 21.1. The van der Waals surface area contributed by atoms with Crippen molar-refractivity contribution in [2.45, 2.75) is 116 Å².